The van der Waals surface area contributed by atoms with E-state index in [-0.39, 0.29) is 40.1 Å². The maximum absolute atomic E-state index is 7.10. The number of allylic oxidation sites excluding steroid dienone is 2. The molecule has 3 aliphatic carbocycles. The summed E-state index contributed by atoms with van der Waals surface area (Å²) >= 11 is 0. The molecular formula is C30H52O5Si. The van der Waals surface area contributed by atoms with E-state index in [1.165, 1.54) is 11.3 Å². The number of hydrogen-bond acceptors (Lipinski definition) is 5. The molecule has 1 heterocycles. The lowest BCUT2D eigenvalue weighted by Gasteiger charge is -2.58. The molecule has 0 aromatic rings. The standard InChI is InChI=1S/C30H52O5Si/c1-19-21-17-22-24(35-36(11,12)27(2,3)4)14-13-20(28(22,5)6)25-26(34-29(7,8)33-25)30(21,9)16-15-23(19)32-18-31-10/h14,20-23,25-26H,1,13,15-18H2,2-12H3/t20-,21+,22-,23-,25-,26+,30+/m0/s1. The third-order valence-corrected chi connectivity index (χ3v) is 14.9. The smallest absolute Gasteiger partial charge is 0.250 e. The topological polar surface area (TPSA) is 46.2 Å². The highest BCUT2D eigenvalue weighted by Gasteiger charge is 2.63. The molecule has 36 heavy (non-hydrogen) atoms. The van der Waals surface area contributed by atoms with Crippen LogP contribution in [0, 0.1) is 28.6 Å². The van der Waals surface area contributed by atoms with E-state index in [2.05, 4.69) is 81.1 Å². The highest BCUT2D eigenvalue weighted by atomic mass is 28.4. The maximum Gasteiger partial charge on any atom is 0.250 e. The molecule has 0 radical (unpaired) electrons. The Bertz CT molecular complexity index is 884. The molecule has 1 aliphatic heterocycles. The predicted octanol–water partition coefficient (Wildman–Crippen LogP) is 7.44. The fourth-order valence-corrected chi connectivity index (χ4v) is 8.35. The zero-order valence-electron chi connectivity index (χ0n) is 24.8. The third-order valence-electron chi connectivity index (χ3n) is 10.6. The van der Waals surface area contributed by atoms with Crippen molar-refractivity contribution >= 4 is 8.32 Å². The Balaban J connectivity index is 1.80. The molecule has 5 nitrogen and oxygen atoms in total. The lowest BCUT2D eigenvalue weighted by Crippen LogP contribution is -2.58. The number of ether oxygens (including phenoxy) is 4. The fraction of sp³-hybridized carbons (Fsp3) is 0.867. The minimum absolute atomic E-state index is 0.00108. The molecule has 0 N–H and O–H groups in total. The average molecular weight is 521 g/mol. The van der Waals surface area contributed by atoms with Crippen LogP contribution in [0.1, 0.15) is 81.1 Å². The lowest BCUT2D eigenvalue weighted by atomic mass is 9.50. The van der Waals surface area contributed by atoms with Crippen LogP contribution in [0.25, 0.3) is 0 Å². The molecule has 0 aromatic heterocycles. The second-order valence-electron chi connectivity index (χ2n) is 14.7. The minimum atomic E-state index is -1.99. The molecule has 2 saturated carbocycles. The van der Waals surface area contributed by atoms with Crippen LogP contribution in [0.15, 0.2) is 24.0 Å². The van der Waals surface area contributed by atoms with Crippen LogP contribution in [-0.4, -0.2) is 46.3 Å². The molecule has 2 bridgehead atoms. The molecule has 0 spiro atoms. The van der Waals surface area contributed by atoms with Gasteiger partial charge in [-0.1, -0.05) is 48.1 Å². The van der Waals surface area contributed by atoms with Gasteiger partial charge in [0.05, 0.1) is 24.1 Å². The molecule has 0 amide bonds. The monoisotopic (exact) mass is 520 g/mol. The highest BCUT2D eigenvalue weighted by molar-refractivity contribution is 6.74. The first-order valence-corrected chi connectivity index (χ1v) is 16.9. The van der Waals surface area contributed by atoms with Crippen molar-refractivity contribution in [3.8, 4) is 0 Å². The van der Waals surface area contributed by atoms with Gasteiger partial charge >= 0.3 is 0 Å². The maximum atomic E-state index is 7.10. The van der Waals surface area contributed by atoms with Gasteiger partial charge in [-0.3, -0.25) is 0 Å². The molecule has 4 rings (SSSR count). The summed E-state index contributed by atoms with van der Waals surface area (Å²) in [5, 5.41) is 0.149. The molecule has 3 fully saturated rings. The summed E-state index contributed by atoms with van der Waals surface area (Å²) in [6.07, 6.45) is 6.40. The molecule has 7 atom stereocenters. The zero-order valence-corrected chi connectivity index (χ0v) is 25.8. The second kappa shape index (κ2) is 9.22. The first kappa shape index (κ1) is 28.3. The lowest BCUT2D eigenvalue weighted by molar-refractivity contribution is -0.166. The number of fused-ring (bicyclic) bond motifs is 6. The highest BCUT2D eigenvalue weighted by Crippen LogP contribution is 2.63. The predicted molar refractivity (Wildman–Crippen MR) is 147 cm³/mol. The van der Waals surface area contributed by atoms with Crippen LogP contribution in [0.2, 0.25) is 18.1 Å². The summed E-state index contributed by atoms with van der Waals surface area (Å²) in [4.78, 5) is 0. The summed E-state index contributed by atoms with van der Waals surface area (Å²) < 4.78 is 32.1. The summed E-state index contributed by atoms with van der Waals surface area (Å²) in [6.45, 7) is 28.1. The van der Waals surface area contributed by atoms with Crippen molar-refractivity contribution in [2.75, 3.05) is 13.9 Å². The molecular weight excluding hydrogens is 468 g/mol. The number of hydrogen-bond donors (Lipinski definition) is 0. The van der Waals surface area contributed by atoms with Crippen molar-refractivity contribution in [3.63, 3.8) is 0 Å². The van der Waals surface area contributed by atoms with Crippen LogP contribution in [0.3, 0.4) is 0 Å². The fourth-order valence-electron chi connectivity index (χ4n) is 7.23. The first-order chi connectivity index (χ1) is 16.4. The van der Waals surface area contributed by atoms with Crippen LogP contribution >= 0.6 is 0 Å². The van der Waals surface area contributed by atoms with Crippen molar-refractivity contribution < 1.29 is 23.4 Å². The van der Waals surface area contributed by atoms with Gasteiger partial charge in [-0.05, 0) is 86.6 Å². The van der Waals surface area contributed by atoms with Gasteiger partial charge in [0.25, 0.3) is 0 Å². The third kappa shape index (κ3) is 4.68. The molecule has 206 valence electrons. The van der Waals surface area contributed by atoms with Crippen molar-refractivity contribution in [1.82, 2.24) is 0 Å². The molecule has 6 heteroatoms. The van der Waals surface area contributed by atoms with Crippen molar-refractivity contribution in [2.24, 2.45) is 28.6 Å². The normalized spacial score (nSPS) is 40.0. The van der Waals surface area contributed by atoms with Crippen LogP contribution < -0.4 is 0 Å². The van der Waals surface area contributed by atoms with Gasteiger partial charge in [-0.25, -0.2) is 0 Å². The first-order valence-electron chi connectivity index (χ1n) is 14.0. The van der Waals surface area contributed by atoms with Crippen molar-refractivity contribution in [3.05, 3.63) is 24.0 Å². The quantitative estimate of drug-likeness (QED) is 0.214. The van der Waals surface area contributed by atoms with E-state index in [0.717, 1.165) is 25.7 Å². The van der Waals surface area contributed by atoms with Gasteiger partial charge in [0.1, 0.15) is 6.79 Å². The number of methoxy groups -OCH3 is 1. The van der Waals surface area contributed by atoms with Gasteiger partial charge in [-0.15, -0.1) is 0 Å². The van der Waals surface area contributed by atoms with E-state index in [9.17, 15) is 0 Å². The van der Waals surface area contributed by atoms with E-state index < -0.39 is 14.1 Å². The van der Waals surface area contributed by atoms with E-state index >= 15 is 0 Å². The average Bonchev–Trinajstić information content (AvgIpc) is 3.06. The van der Waals surface area contributed by atoms with E-state index in [1.54, 1.807) is 7.11 Å². The van der Waals surface area contributed by atoms with Gasteiger partial charge in [0.2, 0.25) is 8.32 Å². The minimum Gasteiger partial charge on any atom is -0.547 e. The van der Waals surface area contributed by atoms with Crippen LogP contribution in [-0.2, 0) is 23.4 Å². The van der Waals surface area contributed by atoms with Gasteiger partial charge < -0.3 is 23.4 Å². The summed E-state index contributed by atoms with van der Waals surface area (Å²) in [7, 11) is -0.305. The van der Waals surface area contributed by atoms with Gasteiger partial charge in [0.15, 0.2) is 5.79 Å². The van der Waals surface area contributed by atoms with E-state index in [4.69, 9.17) is 23.4 Å². The Morgan fingerprint density at radius 3 is 2.36 bits per heavy atom. The van der Waals surface area contributed by atoms with Crippen molar-refractivity contribution in [2.45, 2.75) is 123 Å². The van der Waals surface area contributed by atoms with Crippen LogP contribution in [0.5, 0.6) is 0 Å². The summed E-state index contributed by atoms with van der Waals surface area (Å²) in [6, 6.07) is 0. The Labute approximate surface area is 221 Å². The van der Waals surface area contributed by atoms with Gasteiger partial charge in [-0.2, -0.15) is 0 Å². The van der Waals surface area contributed by atoms with Crippen molar-refractivity contribution in [1.29, 1.82) is 0 Å². The molecule has 0 aromatic carbocycles. The molecule has 1 saturated heterocycles. The van der Waals surface area contributed by atoms with Gasteiger partial charge in [0, 0.05) is 18.4 Å². The Hall–Kier alpha value is -0.663. The summed E-state index contributed by atoms with van der Waals surface area (Å²) in [5.74, 6) is 1.52. The second-order valence-corrected chi connectivity index (χ2v) is 19.4. The Kier molecular flexibility index (Phi) is 7.26. The summed E-state index contributed by atoms with van der Waals surface area (Å²) in [5.41, 5.74) is 1.11. The molecule has 0 unspecified atom stereocenters. The zero-order chi connectivity index (χ0) is 26.9. The number of rotatable bonds is 5. The Morgan fingerprint density at radius 1 is 1.08 bits per heavy atom. The Morgan fingerprint density at radius 2 is 1.75 bits per heavy atom. The van der Waals surface area contributed by atoms with Crippen LogP contribution in [0.4, 0.5) is 0 Å². The van der Waals surface area contributed by atoms with E-state index in [0.29, 0.717) is 18.6 Å². The largest absolute Gasteiger partial charge is 0.547 e. The molecule has 4 aliphatic rings. The SMILES string of the molecule is C=C1[C@@H](OCOC)CC[C@]2(C)[C@@H]1C[C@H]1C(O[Si](C)(C)C(C)(C)C)=CC[C@@H]([C@@H]3OC(C)(C)O[C@H]32)C1(C)C. The van der Waals surface area contributed by atoms with E-state index in [1.807, 2.05) is 0 Å².